The van der Waals surface area contributed by atoms with Gasteiger partial charge in [-0.1, -0.05) is 45.0 Å². The Labute approximate surface area is 143 Å². The highest BCUT2D eigenvalue weighted by Crippen LogP contribution is 2.24. The number of nitrogens with one attached hydrogen (secondary N) is 1. The molecule has 0 saturated heterocycles. The zero-order chi connectivity index (χ0) is 17.4. The molecule has 24 heavy (non-hydrogen) atoms. The van der Waals surface area contributed by atoms with Gasteiger partial charge in [-0.3, -0.25) is 4.79 Å². The molecule has 1 N–H and O–H groups in total. The number of aryl methyl sites for hydroxylation is 1. The summed E-state index contributed by atoms with van der Waals surface area (Å²) in [7, 11) is 0. The van der Waals surface area contributed by atoms with Crippen molar-refractivity contribution in [3.8, 4) is 11.5 Å². The maximum atomic E-state index is 12.1. The Morgan fingerprint density at radius 3 is 2.62 bits per heavy atom. The molecule has 0 spiro atoms. The fourth-order valence-corrected chi connectivity index (χ4v) is 2.14. The minimum Gasteiger partial charge on any atom is -0.491 e. The van der Waals surface area contributed by atoms with Gasteiger partial charge in [-0.05, 0) is 42.2 Å². The molecule has 0 heterocycles. The SMILES string of the molecule is CCc1cccc(OCC(=O)Nc2ccccc2OCC(C)C)c1. The van der Waals surface area contributed by atoms with Crippen molar-refractivity contribution in [1.82, 2.24) is 0 Å². The van der Waals surface area contributed by atoms with Crippen LogP contribution in [0.3, 0.4) is 0 Å². The summed E-state index contributed by atoms with van der Waals surface area (Å²) in [6.07, 6.45) is 0.934. The van der Waals surface area contributed by atoms with Crippen molar-refractivity contribution in [2.75, 3.05) is 18.5 Å². The van der Waals surface area contributed by atoms with E-state index in [1.54, 1.807) is 0 Å². The van der Waals surface area contributed by atoms with Crippen molar-refractivity contribution in [3.63, 3.8) is 0 Å². The van der Waals surface area contributed by atoms with Gasteiger partial charge in [-0.15, -0.1) is 0 Å². The van der Waals surface area contributed by atoms with Gasteiger partial charge in [0.15, 0.2) is 6.61 Å². The molecule has 0 saturated carbocycles. The van der Waals surface area contributed by atoms with Gasteiger partial charge in [0.1, 0.15) is 11.5 Å². The van der Waals surface area contributed by atoms with Gasteiger partial charge >= 0.3 is 0 Å². The molecule has 0 atom stereocenters. The highest BCUT2D eigenvalue weighted by molar-refractivity contribution is 5.93. The Balaban J connectivity index is 1.92. The Morgan fingerprint density at radius 2 is 1.88 bits per heavy atom. The van der Waals surface area contributed by atoms with E-state index >= 15 is 0 Å². The molecule has 0 bridgehead atoms. The van der Waals surface area contributed by atoms with Gasteiger partial charge in [0.05, 0.1) is 12.3 Å². The molecule has 2 aromatic carbocycles. The number of ether oxygens (including phenoxy) is 2. The molecule has 128 valence electrons. The summed E-state index contributed by atoms with van der Waals surface area (Å²) >= 11 is 0. The second kappa shape index (κ2) is 8.96. The van der Waals surface area contributed by atoms with Crippen molar-refractivity contribution in [2.45, 2.75) is 27.2 Å². The maximum absolute atomic E-state index is 12.1. The van der Waals surface area contributed by atoms with Crippen molar-refractivity contribution in [3.05, 3.63) is 54.1 Å². The van der Waals surface area contributed by atoms with E-state index in [1.807, 2.05) is 48.5 Å². The minimum atomic E-state index is -0.211. The summed E-state index contributed by atoms with van der Waals surface area (Å²) in [5, 5.41) is 2.84. The van der Waals surface area contributed by atoms with Crippen LogP contribution >= 0.6 is 0 Å². The normalized spacial score (nSPS) is 10.5. The van der Waals surface area contributed by atoms with Gasteiger partial charge < -0.3 is 14.8 Å². The predicted octanol–water partition coefficient (Wildman–Crippen LogP) is 4.30. The van der Waals surface area contributed by atoms with E-state index in [2.05, 4.69) is 26.1 Å². The number of hydrogen-bond donors (Lipinski definition) is 1. The van der Waals surface area contributed by atoms with E-state index in [0.717, 1.165) is 6.42 Å². The predicted molar refractivity (Wildman–Crippen MR) is 96.7 cm³/mol. The van der Waals surface area contributed by atoms with Crippen LogP contribution in [0.2, 0.25) is 0 Å². The van der Waals surface area contributed by atoms with E-state index in [9.17, 15) is 4.79 Å². The Kier molecular flexibility index (Phi) is 6.67. The lowest BCUT2D eigenvalue weighted by atomic mass is 10.2. The van der Waals surface area contributed by atoms with Gasteiger partial charge in [0.2, 0.25) is 0 Å². The highest BCUT2D eigenvalue weighted by atomic mass is 16.5. The number of carbonyl (C=O) groups excluding carboxylic acids is 1. The van der Waals surface area contributed by atoms with Crippen LogP contribution in [0.5, 0.6) is 11.5 Å². The molecular formula is C20H25NO3. The number of rotatable bonds is 8. The second-order valence-electron chi connectivity index (χ2n) is 6.04. The van der Waals surface area contributed by atoms with Gasteiger partial charge in [-0.25, -0.2) is 0 Å². The average molecular weight is 327 g/mol. The Morgan fingerprint density at radius 1 is 1.08 bits per heavy atom. The molecule has 4 nitrogen and oxygen atoms in total. The summed E-state index contributed by atoms with van der Waals surface area (Å²) in [5.74, 6) is 1.59. The Bertz CT molecular complexity index is 667. The fraction of sp³-hybridized carbons (Fsp3) is 0.350. The van der Waals surface area contributed by atoms with Crippen LogP contribution in [0.4, 0.5) is 5.69 Å². The first kappa shape index (κ1) is 17.9. The molecule has 1 amide bonds. The standard InChI is InChI=1S/C20H25NO3/c1-4-16-8-7-9-17(12-16)23-14-20(22)21-18-10-5-6-11-19(18)24-13-15(2)3/h5-12,15H,4,13-14H2,1-3H3,(H,21,22). The monoisotopic (exact) mass is 327 g/mol. The molecule has 0 unspecified atom stereocenters. The van der Waals surface area contributed by atoms with Gasteiger partial charge in [-0.2, -0.15) is 0 Å². The van der Waals surface area contributed by atoms with E-state index in [4.69, 9.17) is 9.47 Å². The number of benzene rings is 2. The van der Waals surface area contributed by atoms with Crippen LogP contribution in [0.15, 0.2) is 48.5 Å². The lowest BCUT2D eigenvalue weighted by molar-refractivity contribution is -0.118. The third kappa shape index (κ3) is 5.61. The number of para-hydroxylation sites is 2. The van der Waals surface area contributed by atoms with Crippen molar-refractivity contribution < 1.29 is 14.3 Å². The second-order valence-corrected chi connectivity index (χ2v) is 6.04. The molecule has 0 aliphatic carbocycles. The van der Waals surface area contributed by atoms with Crippen LogP contribution in [0, 0.1) is 5.92 Å². The van der Waals surface area contributed by atoms with Crippen LogP contribution in [0.1, 0.15) is 26.3 Å². The first-order chi connectivity index (χ1) is 11.6. The molecule has 2 rings (SSSR count). The van der Waals surface area contributed by atoms with Crippen LogP contribution in [0.25, 0.3) is 0 Å². The minimum absolute atomic E-state index is 0.0360. The molecule has 0 aromatic heterocycles. The molecule has 2 aromatic rings. The largest absolute Gasteiger partial charge is 0.491 e. The number of amides is 1. The molecule has 0 radical (unpaired) electrons. The molecule has 0 fully saturated rings. The summed E-state index contributed by atoms with van der Waals surface area (Å²) in [4.78, 5) is 12.1. The Hall–Kier alpha value is -2.49. The zero-order valence-corrected chi connectivity index (χ0v) is 14.5. The van der Waals surface area contributed by atoms with Crippen molar-refractivity contribution >= 4 is 11.6 Å². The summed E-state index contributed by atoms with van der Waals surface area (Å²) < 4.78 is 11.3. The number of anilines is 1. The number of carbonyl (C=O) groups is 1. The third-order valence-corrected chi connectivity index (χ3v) is 3.41. The van der Waals surface area contributed by atoms with Crippen LogP contribution < -0.4 is 14.8 Å². The van der Waals surface area contributed by atoms with Crippen molar-refractivity contribution in [2.24, 2.45) is 5.92 Å². The topological polar surface area (TPSA) is 47.6 Å². The van der Waals surface area contributed by atoms with E-state index in [0.29, 0.717) is 29.7 Å². The van der Waals surface area contributed by atoms with E-state index < -0.39 is 0 Å². The van der Waals surface area contributed by atoms with Crippen LogP contribution in [-0.2, 0) is 11.2 Å². The molecule has 4 heteroatoms. The summed E-state index contributed by atoms with van der Waals surface area (Å²) in [6.45, 7) is 6.82. The van der Waals surface area contributed by atoms with Gasteiger partial charge in [0.25, 0.3) is 5.91 Å². The smallest absolute Gasteiger partial charge is 0.262 e. The lowest BCUT2D eigenvalue weighted by Crippen LogP contribution is -2.20. The fourth-order valence-electron chi connectivity index (χ4n) is 2.14. The molecule has 0 aliphatic rings. The summed E-state index contributed by atoms with van der Waals surface area (Å²) in [6, 6.07) is 15.2. The lowest BCUT2D eigenvalue weighted by Gasteiger charge is -2.14. The quantitative estimate of drug-likeness (QED) is 0.786. The average Bonchev–Trinajstić information content (AvgIpc) is 2.59. The van der Waals surface area contributed by atoms with Crippen molar-refractivity contribution in [1.29, 1.82) is 0 Å². The first-order valence-electron chi connectivity index (χ1n) is 8.32. The van der Waals surface area contributed by atoms with Crippen LogP contribution in [-0.4, -0.2) is 19.1 Å². The third-order valence-electron chi connectivity index (χ3n) is 3.41. The van der Waals surface area contributed by atoms with E-state index in [1.165, 1.54) is 5.56 Å². The maximum Gasteiger partial charge on any atom is 0.262 e. The summed E-state index contributed by atoms with van der Waals surface area (Å²) in [5.41, 5.74) is 1.84. The first-order valence-corrected chi connectivity index (χ1v) is 8.32. The number of hydrogen-bond acceptors (Lipinski definition) is 3. The van der Waals surface area contributed by atoms with Gasteiger partial charge in [0, 0.05) is 0 Å². The van der Waals surface area contributed by atoms with E-state index in [-0.39, 0.29) is 12.5 Å². The zero-order valence-electron chi connectivity index (χ0n) is 14.5. The molecule has 0 aliphatic heterocycles. The highest BCUT2D eigenvalue weighted by Gasteiger charge is 2.09. The molecular weight excluding hydrogens is 302 g/mol.